The molecule has 0 saturated heterocycles. The highest BCUT2D eigenvalue weighted by Gasteiger charge is 2.22. The quantitative estimate of drug-likeness (QED) is 0.779. The second kappa shape index (κ2) is 3.53. The first-order valence-electron chi connectivity index (χ1n) is 5.08. The van der Waals surface area contributed by atoms with Crippen molar-refractivity contribution in [2.45, 2.75) is 0 Å². The first kappa shape index (κ1) is 10.2. The molecule has 4 nitrogen and oxygen atoms in total. The highest BCUT2D eigenvalue weighted by molar-refractivity contribution is 6.04. The fourth-order valence-corrected chi connectivity index (χ4v) is 2.19. The van der Waals surface area contributed by atoms with Crippen LogP contribution >= 0.6 is 12.4 Å². The maximum Gasteiger partial charge on any atom is 0.231 e. The minimum absolute atomic E-state index is 0. The van der Waals surface area contributed by atoms with Gasteiger partial charge in [0.1, 0.15) is 5.52 Å². The molecule has 0 bridgehead atoms. The van der Waals surface area contributed by atoms with Crippen molar-refractivity contribution >= 4 is 35.1 Å². The summed E-state index contributed by atoms with van der Waals surface area (Å²) < 4.78 is 10.9. The summed E-state index contributed by atoms with van der Waals surface area (Å²) in [7, 11) is 0. The van der Waals surface area contributed by atoms with Crippen molar-refractivity contribution in [1.82, 2.24) is 4.98 Å². The van der Waals surface area contributed by atoms with E-state index in [4.69, 9.17) is 9.47 Å². The molecule has 4 rings (SSSR count). The number of fused-ring (bicyclic) bond motifs is 2. The first-order chi connectivity index (χ1) is 7.93. The number of halogens is 1. The van der Waals surface area contributed by atoms with Crippen LogP contribution in [0.3, 0.4) is 0 Å². The molecule has 0 aliphatic carbocycles. The van der Waals surface area contributed by atoms with Crippen LogP contribution in [0.15, 0.2) is 24.5 Å². The van der Waals surface area contributed by atoms with Gasteiger partial charge < -0.3 is 14.8 Å². The largest absolute Gasteiger partial charge is 0.453 e. The molecule has 2 aliphatic heterocycles. The highest BCUT2D eigenvalue weighted by Crippen LogP contribution is 2.43. The van der Waals surface area contributed by atoms with Gasteiger partial charge in [0.15, 0.2) is 11.5 Å². The summed E-state index contributed by atoms with van der Waals surface area (Å²) in [5.41, 5.74) is 3.03. The van der Waals surface area contributed by atoms with Crippen molar-refractivity contribution in [3.63, 3.8) is 0 Å². The lowest BCUT2D eigenvalue weighted by Gasteiger charge is -2.14. The number of ether oxygens (including phenoxy) is 2. The Balaban J connectivity index is 0.000000902. The number of hydrogen-bond donors (Lipinski definition) is 1. The van der Waals surface area contributed by atoms with Gasteiger partial charge in [-0.25, -0.2) is 0 Å². The van der Waals surface area contributed by atoms with Gasteiger partial charge in [-0.1, -0.05) is 0 Å². The van der Waals surface area contributed by atoms with Crippen molar-refractivity contribution in [2.24, 2.45) is 0 Å². The lowest BCUT2D eigenvalue weighted by Crippen LogP contribution is -1.97. The number of nitrogens with zero attached hydrogens (tertiary/aromatic N) is 1. The van der Waals surface area contributed by atoms with E-state index in [2.05, 4.69) is 10.3 Å². The predicted octanol–water partition coefficient (Wildman–Crippen LogP) is 2.78. The normalized spacial score (nSPS) is 14.4. The Morgan fingerprint density at radius 2 is 2.24 bits per heavy atom. The maximum atomic E-state index is 5.45. The summed E-state index contributed by atoms with van der Waals surface area (Å²) in [4.78, 5) is 4.38. The van der Waals surface area contributed by atoms with Gasteiger partial charge in [-0.3, -0.25) is 4.98 Å². The zero-order valence-corrected chi connectivity index (χ0v) is 9.58. The number of anilines is 1. The Bertz CT molecular complexity index is 640. The molecule has 1 N–H and O–H groups in total. The van der Waals surface area contributed by atoms with Crippen LogP contribution in [0.2, 0.25) is 0 Å². The number of pyridine rings is 1. The third-order valence-corrected chi connectivity index (χ3v) is 2.88. The second-order valence-electron chi connectivity index (χ2n) is 3.76. The molecule has 0 amide bonds. The molecular formula is C12H9ClN2O2. The van der Waals surface area contributed by atoms with E-state index in [0.717, 1.165) is 33.7 Å². The molecule has 3 heterocycles. The van der Waals surface area contributed by atoms with Crippen LogP contribution < -0.4 is 14.8 Å². The molecule has 1 aromatic carbocycles. The van der Waals surface area contributed by atoms with Crippen molar-refractivity contribution in [1.29, 1.82) is 0 Å². The van der Waals surface area contributed by atoms with Gasteiger partial charge in [0.25, 0.3) is 0 Å². The van der Waals surface area contributed by atoms with Crippen LogP contribution in [0.25, 0.3) is 17.0 Å². The second-order valence-corrected chi connectivity index (χ2v) is 3.76. The van der Waals surface area contributed by atoms with Crippen LogP contribution in [-0.4, -0.2) is 11.8 Å². The van der Waals surface area contributed by atoms with Crippen LogP contribution in [0.5, 0.6) is 11.5 Å². The molecule has 5 heteroatoms. The Morgan fingerprint density at radius 1 is 1.29 bits per heavy atom. The smallest absolute Gasteiger partial charge is 0.231 e. The summed E-state index contributed by atoms with van der Waals surface area (Å²) in [5.74, 6) is 1.52. The standard InChI is InChI=1S/C12H8N2O2.ClH/c1-3-13-8-2-4-14-11-10(8)7(1)5-9-12(11)16-6-15-9;/h1-5,13H,6H2;1H. The molecule has 0 saturated carbocycles. The van der Waals surface area contributed by atoms with Gasteiger partial charge in [-0.15, -0.1) is 12.4 Å². The fraction of sp³-hybridized carbons (Fsp3) is 0.0833. The van der Waals surface area contributed by atoms with E-state index in [1.54, 1.807) is 6.20 Å². The number of hydrogen-bond acceptors (Lipinski definition) is 4. The summed E-state index contributed by atoms with van der Waals surface area (Å²) in [5, 5.41) is 4.29. The van der Waals surface area contributed by atoms with Gasteiger partial charge in [-0.05, 0) is 23.8 Å². The third-order valence-electron chi connectivity index (χ3n) is 2.88. The SMILES string of the molecule is C1=Cc2cc3c(c4nccc(c24)N1)OCO3.Cl. The highest BCUT2D eigenvalue weighted by atomic mass is 35.5. The van der Waals surface area contributed by atoms with Crippen molar-refractivity contribution in [3.05, 3.63) is 30.1 Å². The third kappa shape index (κ3) is 1.27. The van der Waals surface area contributed by atoms with Gasteiger partial charge in [0.05, 0.1) is 0 Å². The monoisotopic (exact) mass is 248 g/mol. The number of rotatable bonds is 0. The number of aromatic nitrogens is 1. The van der Waals surface area contributed by atoms with Gasteiger partial charge in [-0.2, -0.15) is 0 Å². The Kier molecular flexibility index (Phi) is 2.12. The lowest BCUT2D eigenvalue weighted by atomic mass is 10.0. The maximum absolute atomic E-state index is 5.45. The molecular weight excluding hydrogens is 240 g/mol. The summed E-state index contributed by atoms with van der Waals surface area (Å²) in [6, 6.07) is 3.95. The molecule has 2 aliphatic rings. The minimum Gasteiger partial charge on any atom is -0.453 e. The van der Waals surface area contributed by atoms with Crippen LogP contribution in [0.1, 0.15) is 5.56 Å². The lowest BCUT2D eigenvalue weighted by molar-refractivity contribution is 0.174. The number of benzene rings is 1. The topological polar surface area (TPSA) is 43.4 Å². The Labute approximate surface area is 104 Å². The van der Waals surface area contributed by atoms with Gasteiger partial charge >= 0.3 is 0 Å². The van der Waals surface area contributed by atoms with Crippen LogP contribution in [0, 0.1) is 0 Å². The van der Waals surface area contributed by atoms with E-state index in [0.29, 0.717) is 0 Å². The molecule has 0 unspecified atom stereocenters. The molecule has 0 spiro atoms. The molecule has 2 aromatic rings. The molecule has 1 aromatic heterocycles. The molecule has 0 fully saturated rings. The molecule has 0 radical (unpaired) electrons. The van der Waals surface area contributed by atoms with Crippen molar-refractivity contribution in [2.75, 3.05) is 12.1 Å². The average molecular weight is 249 g/mol. The van der Waals surface area contributed by atoms with Crippen LogP contribution in [-0.2, 0) is 0 Å². The minimum atomic E-state index is 0. The average Bonchev–Trinajstić information content (AvgIpc) is 2.78. The fourth-order valence-electron chi connectivity index (χ4n) is 2.19. The van der Waals surface area contributed by atoms with E-state index in [-0.39, 0.29) is 19.2 Å². The van der Waals surface area contributed by atoms with E-state index in [1.807, 2.05) is 24.4 Å². The van der Waals surface area contributed by atoms with Crippen molar-refractivity contribution in [3.8, 4) is 11.5 Å². The Hall–Kier alpha value is -1.94. The zero-order valence-electron chi connectivity index (χ0n) is 8.77. The van der Waals surface area contributed by atoms with Crippen LogP contribution in [0.4, 0.5) is 5.69 Å². The van der Waals surface area contributed by atoms with Gasteiger partial charge in [0, 0.05) is 23.5 Å². The first-order valence-corrected chi connectivity index (χ1v) is 5.08. The molecule has 17 heavy (non-hydrogen) atoms. The van der Waals surface area contributed by atoms with Gasteiger partial charge in [0.2, 0.25) is 6.79 Å². The zero-order chi connectivity index (χ0) is 10.5. The molecule has 0 atom stereocenters. The Morgan fingerprint density at radius 3 is 3.18 bits per heavy atom. The van der Waals surface area contributed by atoms with E-state index >= 15 is 0 Å². The summed E-state index contributed by atoms with van der Waals surface area (Å²) in [6.45, 7) is 0.275. The summed E-state index contributed by atoms with van der Waals surface area (Å²) >= 11 is 0. The van der Waals surface area contributed by atoms with E-state index in [9.17, 15) is 0 Å². The van der Waals surface area contributed by atoms with Crippen molar-refractivity contribution < 1.29 is 9.47 Å². The van der Waals surface area contributed by atoms with E-state index in [1.165, 1.54) is 0 Å². The summed E-state index contributed by atoms with van der Waals surface area (Å²) in [6.07, 6.45) is 5.70. The van der Waals surface area contributed by atoms with E-state index < -0.39 is 0 Å². The number of nitrogens with one attached hydrogen (secondary N) is 1. The molecule has 86 valence electrons. The predicted molar refractivity (Wildman–Crippen MR) is 67.8 cm³/mol.